The number of ether oxygens (including phenoxy) is 2. The molecule has 4 heteroatoms. The molecule has 0 saturated heterocycles. The molecule has 0 aliphatic heterocycles. The molecule has 0 heterocycles. The molecule has 0 aromatic carbocycles. The van der Waals surface area contributed by atoms with Crippen LogP contribution in [0.4, 0.5) is 0 Å². The van der Waals surface area contributed by atoms with Crippen molar-refractivity contribution >= 4 is 11.9 Å². The molecular formula is C12H24O4. The van der Waals surface area contributed by atoms with E-state index in [0.29, 0.717) is 13.2 Å². The van der Waals surface area contributed by atoms with Crippen molar-refractivity contribution in [3.8, 4) is 0 Å². The second-order valence-electron chi connectivity index (χ2n) is 3.39. The maximum atomic E-state index is 10.3. The van der Waals surface area contributed by atoms with Gasteiger partial charge in [0.05, 0.1) is 13.2 Å². The topological polar surface area (TPSA) is 52.6 Å². The Balaban J connectivity index is 0. The van der Waals surface area contributed by atoms with Crippen LogP contribution in [0.3, 0.4) is 0 Å². The lowest BCUT2D eigenvalue weighted by Gasteiger charge is -2.01. The van der Waals surface area contributed by atoms with Crippen LogP contribution in [0.25, 0.3) is 0 Å². The highest BCUT2D eigenvalue weighted by Gasteiger charge is 1.94. The molecule has 0 fully saturated rings. The zero-order chi connectivity index (χ0) is 12.8. The van der Waals surface area contributed by atoms with Crippen molar-refractivity contribution in [2.24, 2.45) is 0 Å². The highest BCUT2D eigenvalue weighted by molar-refractivity contribution is 5.66. The van der Waals surface area contributed by atoms with Crippen molar-refractivity contribution in [2.75, 3.05) is 13.2 Å². The van der Waals surface area contributed by atoms with Gasteiger partial charge in [0.2, 0.25) is 0 Å². The standard InChI is InChI=1S/C8H14O4.C4H10/c1-7(9)11-5-3-4-6-12-8(2)10;1-3-4-2/h3-6H2,1-2H3;3-4H2,1-2H3. The third-order valence-corrected chi connectivity index (χ3v) is 1.65. The molecule has 4 nitrogen and oxygen atoms in total. The molecule has 0 atom stereocenters. The zero-order valence-electron chi connectivity index (χ0n) is 10.9. The van der Waals surface area contributed by atoms with Gasteiger partial charge in [0.15, 0.2) is 0 Å². The molecule has 0 aromatic rings. The summed E-state index contributed by atoms with van der Waals surface area (Å²) in [4.78, 5) is 20.6. The van der Waals surface area contributed by atoms with E-state index in [1.165, 1.54) is 26.7 Å². The SMILES string of the molecule is CC(=O)OCCCCOC(C)=O.CCCC. The summed E-state index contributed by atoms with van der Waals surface area (Å²) in [5.74, 6) is -0.551. The monoisotopic (exact) mass is 232 g/mol. The van der Waals surface area contributed by atoms with Gasteiger partial charge in [0, 0.05) is 13.8 Å². The predicted molar refractivity (Wildman–Crippen MR) is 63.1 cm³/mol. The number of hydrogen-bond donors (Lipinski definition) is 0. The van der Waals surface area contributed by atoms with E-state index in [9.17, 15) is 9.59 Å². The summed E-state index contributed by atoms with van der Waals surface area (Å²) in [6, 6.07) is 0. The van der Waals surface area contributed by atoms with Gasteiger partial charge in [-0.1, -0.05) is 26.7 Å². The van der Waals surface area contributed by atoms with Crippen molar-refractivity contribution in [3.05, 3.63) is 0 Å². The highest BCUT2D eigenvalue weighted by atomic mass is 16.5. The summed E-state index contributed by atoms with van der Waals surface area (Å²) in [5.41, 5.74) is 0. The Kier molecular flexibility index (Phi) is 15.1. The maximum Gasteiger partial charge on any atom is 0.302 e. The van der Waals surface area contributed by atoms with Crippen LogP contribution in [0.5, 0.6) is 0 Å². The fourth-order valence-corrected chi connectivity index (χ4v) is 0.636. The van der Waals surface area contributed by atoms with E-state index in [1.807, 2.05) is 0 Å². The minimum atomic E-state index is -0.275. The fourth-order valence-electron chi connectivity index (χ4n) is 0.636. The van der Waals surface area contributed by atoms with Gasteiger partial charge in [-0.3, -0.25) is 9.59 Å². The molecule has 0 rings (SSSR count). The molecule has 16 heavy (non-hydrogen) atoms. The Morgan fingerprint density at radius 3 is 1.31 bits per heavy atom. The van der Waals surface area contributed by atoms with Crippen LogP contribution in [0, 0.1) is 0 Å². The van der Waals surface area contributed by atoms with E-state index in [4.69, 9.17) is 0 Å². The van der Waals surface area contributed by atoms with Gasteiger partial charge in [-0.05, 0) is 12.8 Å². The van der Waals surface area contributed by atoms with E-state index in [2.05, 4.69) is 23.3 Å². The Morgan fingerprint density at radius 1 is 0.812 bits per heavy atom. The van der Waals surface area contributed by atoms with Gasteiger partial charge >= 0.3 is 11.9 Å². The zero-order valence-corrected chi connectivity index (χ0v) is 10.9. The lowest BCUT2D eigenvalue weighted by molar-refractivity contribution is -0.143. The number of hydrogen-bond acceptors (Lipinski definition) is 4. The van der Waals surface area contributed by atoms with Gasteiger partial charge in [0.1, 0.15) is 0 Å². The average molecular weight is 232 g/mol. The highest BCUT2D eigenvalue weighted by Crippen LogP contribution is 1.91. The van der Waals surface area contributed by atoms with Crippen LogP contribution < -0.4 is 0 Å². The molecule has 0 spiro atoms. The van der Waals surface area contributed by atoms with Crippen LogP contribution in [0.2, 0.25) is 0 Å². The first-order valence-corrected chi connectivity index (χ1v) is 5.81. The van der Waals surface area contributed by atoms with Crippen molar-refractivity contribution in [1.82, 2.24) is 0 Å². The molecule has 0 amide bonds. The van der Waals surface area contributed by atoms with Gasteiger partial charge in [0.25, 0.3) is 0 Å². The van der Waals surface area contributed by atoms with E-state index in [1.54, 1.807) is 0 Å². The van der Waals surface area contributed by atoms with Gasteiger partial charge in [-0.15, -0.1) is 0 Å². The molecular weight excluding hydrogens is 208 g/mol. The van der Waals surface area contributed by atoms with Crippen LogP contribution >= 0.6 is 0 Å². The average Bonchev–Trinajstić information content (AvgIpc) is 2.23. The van der Waals surface area contributed by atoms with E-state index in [-0.39, 0.29) is 11.9 Å². The molecule has 0 unspecified atom stereocenters. The summed E-state index contributed by atoms with van der Waals surface area (Å²) >= 11 is 0. The first-order chi connectivity index (χ1) is 7.54. The Morgan fingerprint density at radius 2 is 1.12 bits per heavy atom. The van der Waals surface area contributed by atoms with Crippen molar-refractivity contribution in [2.45, 2.75) is 53.4 Å². The molecule has 0 radical (unpaired) electrons. The van der Waals surface area contributed by atoms with Crippen LogP contribution in [0.15, 0.2) is 0 Å². The predicted octanol–water partition coefficient (Wildman–Crippen LogP) is 2.70. The largest absolute Gasteiger partial charge is 0.466 e. The molecule has 0 saturated carbocycles. The maximum absolute atomic E-state index is 10.3. The number of carbonyl (C=O) groups excluding carboxylic acids is 2. The summed E-state index contributed by atoms with van der Waals surface area (Å²) in [6.45, 7) is 7.89. The van der Waals surface area contributed by atoms with E-state index in [0.717, 1.165) is 12.8 Å². The summed E-state index contributed by atoms with van der Waals surface area (Å²) in [6.07, 6.45) is 4.10. The quantitative estimate of drug-likeness (QED) is 0.522. The molecule has 0 bridgehead atoms. The van der Waals surface area contributed by atoms with Crippen molar-refractivity contribution in [1.29, 1.82) is 0 Å². The second kappa shape index (κ2) is 13.9. The smallest absolute Gasteiger partial charge is 0.302 e. The summed E-state index contributed by atoms with van der Waals surface area (Å²) in [7, 11) is 0. The van der Waals surface area contributed by atoms with Crippen LogP contribution in [-0.2, 0) is 19.1 Å². The Labute approximate surface area is 98.3 Å². The third kappa shape index (κ3) is 23.1. The summed E-state index contributed by atoms with van der Waals surface area (Å²) in [5, 5.41) is 0. The van der Waals surface area contributed by atoms with Gasteiger partial charge in [-0.2, -0.15) is 0 Å². The molecule has 96 valence electrons. The number of rotatable bonds is 6. The van der Waals surface area contributed by atoms with Crippen LogP contribution in [-0.4, -0.2) is 25.2 Å². The first kappa shape index (κ1) is 17.3. The van der Waals surface area contributed by atoms with Gasteiger partial charge in [-0.25, -0.2) is 0 Å². The number of esters is 2. The second-order valence-corrected chi connectivity index (χ2v) is 3.39. The molecule has 0 aromatic heterocycles. The first-order valence-electron chi connectivity index (χ1n) is 5.81. The normalized spacial score (nSPS) is 8.75. The van der Waals surface area contributed by atoms with Gasteiger partial charge < -0.3 is 9.47 Å². The van der Waals surface area contributed by atoms with Crippen molar-refractivity contribution in [3.63, 3.8) is 0 Å². The summed E-state index contributed by atoms with van der Waals surface area (Å²) < 4.78 is 9.34. The third-order valence-electron chi connectivity index (χ3n) is 1.65. The minimum Gasteiger partial charge on any atom is -0.466 e. The van der Waals surface area contributed by atoms with E-state index < -0.39 is 0 Å². The number of carbonyl (C=O) groups is 2. The molecule has 0 N–H and O–H groups in total. The fraction of sp³-hybridized carbons (Fsp3) is 0.833. The van der Waals surface area contributed by atoms with Crippen molar-refractivity contribution < 1.29 is 19.1 Å². The molecule has 0 aliphatic carbocycles. The van der Waals surface area contributed by atoms with E-state index >= 15 is 0 Å². The minimum absolute atomic E-state index is 0.275. The lowest BCUT2D eigenvalue weighted by atomic mass is 10.3. The molecule has 0 aliphatic rings. The lowest BCUT2D eigenvalue weighted by Crippen LogP contribution is -2.04. The number of unbranched alkanes of at least 4 members (excludes halogenated alkanes) is 2. The Bertz CT molecular complexity index is 158. The Hall–Kier alpha value is -1.06. The van der Waals surface area contributed by atoms with Crippen LogP contribution in [0.1, 0.15) is 53.4 Å².